The van der Waals surface area contributed by atoms with E-state index in [9.17, 15) is 4.79 Å². The van der Waals surface area contributed by atoms with Crippen molar-refractivity contribution >= 4 is 22.5 Å². The molecule has 0 atom stereocenters. The number of para-hydroxylation sites is 1. The highest BCUT2D eigenvalue weighted by Gasteiger charge is 2.21. The molecule has 1 aliphatic carbocycles. The van der Waals surface area contributed by atoms with Crippen molar-refractivity contribution in [1.29, 1.82) is 0 Å². The number of amides is 1. The molecule has 0 unspecified atom stereocenters. The number of pyridine rings is 1. The van der Waals surface area contributed by atoms with Gasteiger partial charge in [-0.1, -0.05) is 18.2 Å². The molecule has 19 heavy (non-hydrogen) atoms. The maximum atomic E-state index is 12.2. The van der Waals surface area contributed by atoms with Crippen molar-refractivity contribution in [3.63, 3.8) is 0 Å². The first-order valence-corrected chi connectivity index (χ1v) is 6.66. The van der Waals surface area contributed by atoms with Crippen molar-refractivity contribution < 1.29 is 4.79 Å². The number of carbonyl (C=O) groups is 1. The number of benzene rings is 1. The zero-order valence-electron chi connectivity index (χ0n) is 10.9. The van der Waals surface area contributed by atoms with Gasteiger partial charge in [0.25, 0.3) is 5.91 Å². The van der Waals surface area contributed by atoms with Gasteiger partial charge in [-0.2, -0.15) is 0 Å². The van der Waals surface area contributed by atoms with E-state index in [-0.39, 0.29) is 5.91 Å². The van der Waals surface area contributed by atoms with E-state index < -0.39 is 0 Å². The molecule has 4 heteroatoms. The molecule has 1 aromatic carbocycles. The Kier molecular flexibility index (Phi) is 3.07. The Hall–Kier alpha value is -2.10. The Morgan fingerprint density at radius 3 is 2.79 bits per heavy atom. The van der Waals surface area contributed by atoms with Gasteiger partial charge in [0.1, 0.15) is 5.69 Å². The summed E-state index contributed by atoms with van der Waals surface area (Å²) in [5.74, 6) is -0.0769. The van der Waals surface area contributed by atoms with Crippen LogP contribution in [0.4, 0.5) is 5.69 Å². The Morgan fingerprint density at radius 1 is 1.32 bits per heavy atom. The molecule has 98 valence electrons. The van der Waals surface area contributed by atoms with Gasteiger partial charge in [-0.15, -0.1) is 0 Å². The topological polar surface area (TPSA) is 54.0 Å². The van der Waals surface area contributed by atoms with Crippen LogP contribution in [0.3, 0.4) is 0 Å². The van der Waals surface area contributed by atoms with Crippen molar-refractivity contribution in [2.45, 2.75) is 25.3 Å². The molecule has 0 aliphatic heterocycles. The number of fused-ring (bicyclic) bond motifs is 1. The fourth-order valence-electron chi connectivity index (χ4n) is 2.31. The number of nitrogens with one attached hydrogen (secondary N) is 2. The predicted molar refractivity (Wildman–Crippen MR) is 76.4 cm³/mol. The summed E-state index contributed by atoms with van der Waals surface area (Å²) in [7, 11) is 1.86. The summed E-state index contributed by atoms with van der Waals surface area (Å²) >= 11 is 0. The summed E-state index contributed by atoms with van der Waals surface area (Å²) in [5, 5.41) is 7.18. The Morgan fingerprint density at radius 2 is 2.11 bits per heavy atom. The van der Waals surface area contributed by atoms with Crippen LogP contribution in [0.25, 0.3) is 10.9 Å². The Labute approximate surface area is 112 Å². The van der Waals surface area contributed by atoms with Gasteiger partial charge in [0.05, 0.1) is 5.52 Å². The molecule has 3 rings (SSSR count). The molecule has 1 amide bonds. The van der Waals surface area contributed by atoms with Crippen LogP contribution < -0.4 is 10.6 Å². The van der Waals surface area contributed by atoms with Crippen molar-refractivity contribution in [3.8, 4) is 0 Å². The quantitative estimate of drug-likeness (QED) is 0.886. The summed E-state index contributed by atoms with van der Waals surface area (Å²) in [6.45, 7) is 0. The molecule has 4 nitrogen and oxygen atoms in total. The molecule has 1 aromatic heterocycles. The molecule has 0 bridgehead atoms. The largest absolute Gasteiger partial charge is 0.388 e. The van der Waals surface area contributed by atoms with Gasteiger partial charge in [-0.05, 0) is 31.4 Å². The van der Waals surface area contributed by atoms with Crippen molar-refractivity contribution in [2.24, 2.45) is 0 Å². The van der Waals surface area contributed by atoms with E-state index in [0.29, 0.717) is 11.7 Å². The molecule has 0 radical (unpaired) electrons. The van der Waals surface area contributed by atoms with Crippen LogP contribution in [0.2, 0.25) is 0 Å². The highest BCUT2D eigenvalue weighted by Crippen LogP contribution is 2.23. The van der Waals surface area contributed by atoms with E-state index in [0.717, 1.165) is 29.4 Å². The van der Waals surface area contributed by atoms with Gasteiger partial charge in [0.15, 0.2) is 0 Å². The molecule has 1 fully saturated rings. The molecule has 2 aromatic rings. The van der Waals surface area contributed by atoms with E-state index in [1.807, 2.05) is 37.4 Å². The van der Waals surface area contributed by atoms with E-state index in [4.69, 9.17) is 0 Å². The van der Waals surface area contributed by atoms with Crippen LogP contribution in [0.1, 0.15) is 29.8 Å². The summed E-state index contributed by atoms with van der Waals surface area (Å²) in [6, 6.07) is 9.98. The molecule has 1 aliphatic rings. The first-order valence-electron chi connectivity index (χ1n) is 6.66. The van der Waals surface area contributed by atoms with Gasteiger partial charge in [-0.3, -0.25) is 4.79 Å². The van der Waals surface area contributed by atoms with Crippen LogP contribution >= 0.6 is 0 Å². The van der Waals surface area contributed by atoms with E-state index in [1.165, 1.54) is 6.42 Å². The number of anilines is 1. The molecule has 0 saturated heterocycles. The zero-order chi connectivity index (χ0) is 13.2. The van der Waals surface area contributed by atoms with Crippen molar-refractivity contribution in [1.82, 2.24) is 10.3 Å². The molecule has 2 N–H and O–H groups in total. The monoisotopic (exact) mass is 255 g/mol. The lowest BCUT2D eigenvalue weighted by molar-refractivity contribution is 0.0912. The minimum absolute atomic E-state index is 0.0769. The predicted octanol–water partition coefficient (Wildman–Crippen LogP) is 2.56. The third kappa shape index (κ3) is 2.26. The highest BCUT2D eigenvalue weighted by atomic mass is 16.1. The van der Waals surface area contributed by atoms with E-state index in [2.05, 4.69) is 15.6 Å². The SMILES string of the molecule is CNc1cc(C(=O)NC2CCC2)nc2ccccc12. The lowest BCUT2D eigenvalue weighted by atomic mass is 9.93. The van der Waals surface area contributed by atoms with Gasteiger partial charge >= 0.3 is 0 Å². The third-order valence-corrected chi connectivity index (χ3v) is 3.66. The number of aromatic nitrogens is 1. The highest BCUT2D eigenvalue weighted by molar-refractivity contribution is 5.99. The van der Waals surface area contributed by atoms with Gasteiger partial charge in [0.2, 0.25) is 0 Å². The number of hydrogen-bond acceptors (Lipinski definition) is 3. The second-order valence-electron chi connectivity index (χ2n) is 4.92. The van der Waals surface area contributed by atoms with Gasteiger partial charge < -0.3 is 10.6 Å². The second-order valence-corrected chi connectivity index (χ2v) is 4.92. The molecular formula is C15H17N3O. The first kappa shape index (κ1) is 12.0. The average molecular weight is 255 g/mol. The first-order chi connectivity index (χ1) is 9.28. The molecular weight excluding hydrogens is 238 g/mol. The maximum absolute atomic E-state index is 12.2. The van der Waals surface area contributed by atoms with E-state index in [1.54, 1.807) is 0 Å². The van der Waals surface area contributed by atoms with E-state index >= 15 is 0 Å². The average Bonchev–Trinajstić information content (AvgIpc) is 2.41. The van der Waals surface area contributed by atoms with Crippen molar-refractivity contribution in [2.75, 3.05) is 12.4 Å². The summed E-state index contributed by atoms with van der Waals surface area (Å²) < 4.78 is 0. The summed E-state index contributed by atoms with van der Waals surface area (Å²) in [4.78, 5) is 16.6. The van der Waals surface area contributed by atoms with Gasteiger partial charge in [-0.25, -0.2) is 4.98 Å². The summed E-state index contributed by atoms with van der Waals surface area (Å²) in [6.07, 6.45) is 3.37. The van der Waals surface area contributed by atoms with Crippen LogP contribution in [-0.2, 0) is 0 Å². The summed E-state index contributed by atoms with van der Waals surface area (Å²) in [5.41, 5.74) is 2.26. The normalized spacial score (nSPS) is 15.0. The smallest absolute Gasteiger partial charge is 0.270 e. The number of nitrogens with zero attached hydrogens (tertiary/aromatic N) is 1. The lowest BCUT2D eigenvalue weighted by Gasteiger charge is -2.26. The van der Waals surface area contributed by atoms with Crippen LogP contribution in [0, 0.1) is 0 Å². The van der Waals surface area contributed by atoms with Crippen molar-refractivity contribution in [3.05, 3.63) is 36.0 Å². The van der Waals surface area contributed by atoms with Crippen LogP contribution in [0.5, 0.6) is 0 Å². The second kappa shape index (κ2) is 4.88. The number of hydrogen-bond donors (Lipinski definition) is 2. The maximum Gasteiger partial charge on any atom is 0.270 e. The third-order valence-electron chi connectivity index (χ3n) is 3.66. The number of carbonyl (C=O) groups excluding carboxylic acids is 1. The Bertz CT molecular complexity index is 620. The van der Waals surface area contributed by atoms with Gasteiger partial charge in [0, 0.05) is 24.2 Å². The standard InChI is InChI=1S/C15H17N3O/c1-16-13-9-14(15(19)17-10-5-4-6-10)18-12-8-3-2-7-11(12)13/h2-3,7-10H,4-6H2,1H3,(H,16,18)(H,17,19). The fourth-order valence-corrected chi connectivity index (χ4v) is 2.31. The Balaban J connectivity index is 1.96. The molecule has 1 saturated carbocycles. The fraction of sp³-hybridized carbons (Fsp3) is 0.333. The minimum Gasteiger partial charge on any atom is -0.388 e. The van der Waals surface area contributed by atoms with Crippen LogP contribution in [-0.4, -0.2) is 24.0 Å². The van der Waals surface area contributed by atoms with Crippen LogP contribution in [0.15, 0.2) is 30.3 Å². The minimum atomic E-state index is -0.0769. The molecule has 1 heterocycles. The zero-order valence-corrected chi connectivity index (χ0v) is 10.9. The molecule has 0 spiro atoms. The lowest BCUT2D eigenvalue weighted by Crippen LogP contribution is -2.39. The number of rotatable bonds is 3.